The van der Waals surface area contributed by atoms with Crippen molar-refractivity contribution in [3.63, 3.8) is 0 Å². The molecular formula is C43H74N12O4. The monoisotopic (exact) mass is 823 g/mol. The minimum Gasteiger partial charge on any atom is -0.380 e. The molecule has 330 valence electrons. The normalized spacial score (nSPS) is 8.47. The number of nitrogen functional groups attached to an aromatic ring is 4. The van der Waals surface area contributed by atoms with Gasteiger partial charge in [0.15, 0.2) is 23.3 Å². The van der Waals surface area contributed by atoms with Crippen molar-refractivity contribution in [3.05, 3.63) is 73.3 Å². The summed E-state index contributed by atoms with van der Waals surface area (Å²) in [6.07, 6.45) is 10.3. The van der Waals surface area contributed by atoms with Gasteiger partial charge >= 0.3 is 0 Å². The lowest BCUT2D eigenvalue weighted by atomic mass is 10.3. The van der Waals surface area contributed by atoms with Gasteiger partial charge in [-0.15, -0.1) is 0 Å². The lowest BCUT2D eigenvalue weighted by Gasteiger charge is -1.81. The maximum atomic E-state index is 5.43. The van der Waals surface area contributed by atoms with E-state index in [2.05, 4.69) is 82.1 Å². The molecule has 0 saturated heterocycles. The van der Waals surface area contributed by atoms with Gasteiger partial charge in [-0.2, -0.15) is 0 Å². The van der Waals surface area contributed by atoms with Crippen molar-refractivity contribution in [2.45, 2.75) is 130 Å². The molecule has 0 saturated carbocycles. The number of nitrogens with two attached hydrogens (primary N) is 4. The van der Waals surface area contributed by atoms with Crippen molar-refractivity contribution in [1.82, 2.24) is 40.6 Å². The molecule has 0 aliphatic carbocycles. The lowest BCUT2D eigenvalue weighted by Crippen LogP contribution is -1.82. The molecule has 8 aromatic heterocycles. The van der Waals surface area contributed by atoms with Crippen LogP contribution in [0, 0.1) is 0 Å². The van der Waals surface area contributed by atoms with Crippen molar-refractivity contribution >= 4 is 67.7 Å². The standard InChI is InChI=1S/4C6H5N3O.3C3H8.5C2H6/c4*7-5-4-2-1-3-8-6(4)10-9-5;3*1-3-2;5*1-2/h4*1-3H,(H2,7,9);3*3H2,1-2H3;5*1-2H3. The van der Waals surface area contributed by atoms with Crippen molar-refractivity contribution in [1.29, 1.82) is 0 Å². The molecule has 16 heteroatoms. The Labute approximate surface area is 351 Å². The van der Waals surface area contributed by atoms with Crippen LogP contribution in [0.2, 0.25) is 0 Å². The van der Waals surface area contributed by atoms with Crippen LogP contribution in [0.25, 0.3) is 44.4 Å². The fraction of sp³-hybridized carbons (Fsp3) is 0.442. The Balaban J connectivity index is -0.000000301. The Morgan fingerprint density at radius 3 is 0.627 bits per heavy atom. The molecule has 0 unspecified atom stereocenters. The molecule has 8 aromatic rings. The Morgan fingerprint density at radius 1 is 0.339 bits per heavy atom. The van der Waals surface area contributed by atoms with Gasteiger partial charge in [-0.05, 0) is 48.5 Å². The third-order valence-electron chi connectivity index (χ3n) is 5.11. The maximum absolute atomic E-state index is 5.43. The summed E-state index contributed by atoms with van der Waals surface area (Å²) in [6.45, 7) is 32.8. The predicted octanol–water partition coefficient (Wildman–Crippen LogP) is 12.6. The molecule has 8 N–H and O–H groups in total. The van der Waals surface area contributed by atoms with Crippen LogP contribution >= 0.6 is 0 Å². The second-order valence-electron chi connectivity index (χ2n) is 9.82. The van der Waals surface area contributed by atoms with Crippen LogP contribution in [0.1, 0.15) is 130 Å². The highest BCUT2D eigenvalue weighted by Gasteiger charge is 2.04. The molecular weight excluding hydrogens is 749 g/mol. The van der Waals surface area contributed by atoms with Gasteiger partial charge in [0.1, 0.15) is 0 Å². The van der Waals surface area contributed by atoms with E-state index in [9.17, 15) is 0 Å². The fourth-order valence-electron chi connectivity index (χ4n) is 3.20. The molecule has 0 amide bonds. The first-order valence-electron chi connectivity index (χ1n) is 20.6. The van der Waals surface area contributed by atoms with E-state index in [-0.39, 0.29) is 0 Å². The molecule has 0 bridgehead atoms. The summed E-state index contributed by atoms with van der Waals surface area (Å²) in [5.74, 6) is 1.57. The molecule has 0 fully saturated rings. The van der Waals surface area contributed by atoms with E-state index in [1.165, 1.54) is 19.3 Å². The third kappa shape index (κ3) is 23.5. The zero-order chi connectivity index (χ0) is 46.0. The van der Waals surface area contributed by atoms with Gasteiger partial charge in [-0.3, -0.25) is 0 Å². The van der Waals surface area contributed by atoms with Crippen molar-refractivity contribution in [3.8, 4) is 0 Å². The first-order valence-corrected chi connectivity index (χ1v) is 20.6. The van der Waals surface area contributed by atoms with Gasteiger partial charge in [0.25, 0.3) is 22.9 Å². The average Bonchev–Trinajstić information content (AvgIpc) is 4.09. The Bertz CT molecular complexity index is 1760. The third-order valence-corrected chi connectivity index (χ3v) is 5.11. The van der Waals surface area contributed by atoms with Crippen LogP contribution in [0.4, 0.5) is 23.3 Å². The van der Waals surface area contributed by atoms with Crippen LogP contribution in [0.3, 0.4) is 0 Å². The van der Waals surface area contributed by atoms with E-state index in [0.29, 0.717) is 46.1 Å². The zero-order valence-electron chi connectivity index (χ0n) is 38.6. The minimum absolute atomic E-state index is 0.392. The fourth-order valence-corrected chi connectivity index (χ4v) is 3.20. The highest BCUT2D eigenvalue weighted by Crippen LogP contribution is 2.18. The largest absolute Gasteiger partial charge is 0.380 e. The van der Waals surface area contributed by atoms with Crippen molar-refractivity contribution < 1.29 is 18.1 Å². The number of hydrogen-bond acceptors (Lipinski definition) is 16. The molecule has 0 radical (unpaired) electrons. The first-order chi connectivity index (χ1) is 28.8. The van der Waals surface area contributed by atoms with Crippen molar-refractivity contribution in [2.75, 3.05) is 22.9 Å². The maximum Gasteiger partial charge on any atom is 0.259 e. The lowest BCUT2D eigenvalue weighted by molar-refractivity contribution is 0.452. The number of fused-ring (bicyclic) bond motifs is 4. The minimum atomic E-state index is 0.392. The smallest absolute Gasteiger partial charge is 0.259 e. The van der Waals surface area contributed by atoms with Crippen LogP contribution in [-0.2, 0) is 0 Å². The highest BCUT2D eigenvalue weighted by molar-refractivity contribution is 5.85. The van der Waals surface area contributed by atoms with Gasteiger partial charge in [0.2, 0.25) is 0 Å². The van der Waals surface area contributed by atoms with Crippen LogP contribution in [0.15, 0.2) is 91.4 Å². The Morgan fingerprint density at radius 2 is 0.492 bits per heavy atom. The van der Waals surface area contributed by atoms with Gasteiger partial charge in [0, 0.05) is 24.8 Å². The Kier molecular flexibility index (Phi) is 41.6. The molecule has 8 heterocycles. The highest BCUT2D eigenvalue weighted by atomic mass is 16.5. The van der Waals surface area contributed by atoms with Gasteiger partial charge in [-0.1, -0.05) is 151 Å². The summed E-state index contributed by atoms with van der Waals surface area (Å²) in [7, 11) is 0. The summed E-state index contributed by atoms with van der Waals surface area (Å²) in [6, 6.07) is 14.4. The van der Waals surface area contributed by atoms with E-state index in [1.807, 2.05) is 93.5 Å². The zero-order valence-corrected chi connectivity index (χ0v) is 38.6. The van der Waals surface area contributed by atoms with E-state index in [1.54, 1.807) is 49.1 Å². The van der Waals surface area contributed by atoms with Crippen LogP contribution in [0.5, 0.6) is 0 Å². The average molecular weight is 823 g/mol. The van der Waals surface area contributed by atoms with Gasteiger partial charge in [0.05, 0.1) is 21.5 Å². The summed E-state index contributed by atoms with van der Waals surface area (Å²) >= 11 is 0. The SMILES string of the molecule is CC.CC.CC.CC.CC.CCC.CCC.CCC.Nc1noc2ncccc12.Nc1noc2ncccc12.Nc1noc2ncccc12.Nc1noc2ncccc12. The molecule has 0 aliphatic heterocycles. The molecule has 0 spiro atoms. The number of rotatable bonds is 0. The molecule has 8 rings (SSSR count). The van der Waals surface area contributed by atoms with E-state index >= 15 is 0 Å². The summed E-state index contributed by atoms with van der Waals surface area (Å²) in [4.78, 5) is 15.6. The molecule has 0 atom stereocenters. The summed E-state index contributed by atoms with van der Waals surface area (Å²) < 4.78 is 19.1. The second-order valence-corrected chi connectivity index (χ2v) is 9.82. The van der Waals surface area contributed by atoms with Gasteiger partial charge in [-0.25, -0.2) is 19.9 Å². The number of pyridine rings is 4. The first kappa shape index (κ1) is 59.4. The molecule has 0 aromatic carbocycles. The van der Waals surface area contributed by atoms with E-state index in [4.69, 9.17) is 41.0 Å². The number of hydrogen-bond donors (Lipinski definition) is 4. The second kappa shape index (κ2) is 41.3. The number of nitrogens with zero attached hydrogens (tertiary/aromatic N) is 8. The topological polar surface area (TPSA) is 260 Å². The van der Waals surface area contributed by atoms with Crippen molar-refractivity contribution in [2.24, 2.45) is 0 Å². The number of aromatic nitrogens is 8. The van der Waals surface area contributed by atoms with E-state index in [0.717, 1.165) is 21.5 Å². The Hall–Kier alpha value is -6.32. The van der Waals surface area contributed by atoms with Crippen LogP contribution in [-0.4, -0.2) is 40.6 Å². The van der Waals surface area contributed by atoms with Gasteiger partial charge < -0.3 is 41.0 Å². The van der Waals surface area contributed by atoms with E-state index < -0.39 is 0 Å². The predicted molar refractivity (Wildman–Crippen MR) is 250 cm³/mol. The molecule has 0 aliphatic rings. The molecule has 16 nitrogen and oxygen atoms in total. The van der Waals surface area contributed by atoms with Crippen LogP contribution < -0.4 is 22.9 Å². The summed E-state index contributed by atoms with van der Waals surface area (Å²) in [5.41, 5.74) is 23.7. The summed E-state index contributed by atoms with van der Waals surface area (Å²) in [5, 5.41) is 17.2. The quantitative estimate of drug-likeness (QED) is 0.111. The number of anilines is 4. The molecule has 59 heavy (non-hydrogen) atoms.